The second kappa shape index (κ2) is 3.89. The normalized spacial score (nSPS) is 10.9. The molecular weight excluding hydrogens is 278 g/mol. The number of halogens is 1. The number of hydrogen-bond donors (Lipinski definition) is 1. The number of nitrogens with two attached hydrogens (primary N) is 1. The quantitative estimate of drug-likeness (QED) is 0.746. The molecule has 0 amide bonds. The minimum atomic E-state index is 0.680. The predicted molar refractivity (Wildman–Crippen MR) is 72.7 cm³/mol. The zero-order valence-electron chi connectivity index (χ0n) is 8.97. The van der Waals surface area contributed by atoms with Crippen LogP contribution in [0.2, 0.25) is 0 Å². The van der Waals surface area contributed by atoms with Crippen molar-refractivity contribution >= 4 is 27.3 Å². The van der Waals surface area contributed by atoms with E-state index in [0.717, 1.165) is 21.5 Å². The number of hydrogen-bond acceptors (Lipinski definition) is 2. The molecule has 84 valence electrons. The van der Waals surface area contributed by atoms with E-state index in [1.165, 1.54) is 0 Å². The molecule has 0 aliphatic heterocycles. The molecule has 3 rings (SSSR count). The molecule has 1 aromatic carbocycles. The number of rotatable bonds is 1. The van der Waals surface area contributed by atoms with Crippen molar-refractivity contribution < 1.29 is 0 Å². The molecule has 2 N–H and O–H groups in total. The highest BCUT2D eigenvalue weighted by molar-refractivity contribution is 9.10. The molecule has 2 aromatic heterocycles. The van der Waals surface area contributed by atoms with Gasteiger partial charge in [-0.2, -0.15) is 0 Å². The molecule has 0 unspecified atom stereocenters. The van der Waals surface area contributed by atoms with Gasteiger partial charge in [0.05, 0.1) is 5.52 Å². The van der Waals surface area contributed by atoms with E-state index in [1.807, 2.05) is 52.9 Å². The van der Waals surface area contributed by atoms with E-state index in [1.54, 1.807) is 0 Å². The summed E-state index contributed by atoms with van der Waals surface area (Å²) < 4.78 is 2.75. The highest BCUT2D eigenvalue weighted by Gasteiger charge is 2.11. The van der Waals surface area contributed by atoms with Crippen LogP contribution >= 0.6 is 15.9 Å². The van der Waals surface area contributed by atoms with E-state index in [4.69, 9.17) is 5.73 Å². The van der Waals surface area contributed by atoms with Crippen molar-refractivity contribution in [2.45, 2.75) is 0 Å². The SMILES string of the molecule is Nc1cccc2c(Br)nc(-c3ccccc3)n12. The molecule has 0 saturated carbocycles. The zero-order valence-corrected chi connectivity index (χ0v) is 10.6. The van der Waals surface area contributed by atoms with E-state index in [9.17, 15) is 0 Å². The molecule has 3 aromatic rings. The summed E-state index contributed by atoms with van der Waals surface area (Å²) in [6, 6.07) is 15.8. The molecule has 3 nitrogen and oxygen atoms in total. The lowest BCUT2D eigenvalue weighted by atomic mass is 10.2. The van der Waals surface area contributed by atoms with Gasteiger partial charge in [0.25, 0.3) is 0 Å². The summed E-state index contributed by atoms with van der Waals surface area (Å²) in [6.07, 6.45) is 0. The Morgan fingerprint density at radius 3 is 2.53 bits per heavy atom. The molecule has 0 atom stereocenters. The van der Waals surface area contributed by atoms with Gasteiger partial charge in [-0.3, -0.25) is 4.40 Å². The van der Waals surface area contributed by atoms with Gasteiger partial charge in [-0.05, 0) is 28.1 Å². The van der Waals surface area contributed by atoms with E-state index < -0.39 is 0 Å². The van der Waals surface area contributed by atoms with Gasteiger partial charge in [0.1, 0.15) is 16.2 Å². The minimum absolute atomic E-state index is 0.680. The van der Waals surface area contributed by atoms with Crippen LogP contribution in [0, 0.1) is 0 Å². The Hall–Kier alpha value is -1.81. The first-order valence-electron chi connectivity index (χ1n) is 5.25. The molecule has 0 bridgehead atoms. The van der Waals surface area contributed by atoms with Gasteiger partial charge in [0.2, 0.25) is 0 Å². The Balaban J connectivity index is 2.38. The zero-order chi connectivity index (χ0) is 11.8. The van der Waals surface area contributed by atoms with E-state index >= 15 is 0 Å². The number of aromatic nitrogens is 2. The summed E-state index contributed by atoms with van der Waals surface area (Å²) >= 11 is 3.46. The Bertz CT molecular complexity index is 674. The number of nitrogens with zero attached hydrogens (tertiary/aromatic N) is 2. The first-order valence-corrected chi connectivity index (χ1v) is 6.04. The third-order valence-electron chi connectivity index (χ3n) is 2.68. The van der Waals surface area contributed by atoms with Crippen LogP contribution in [-0.4, -0.2) is 9.38 Å². The summed E-state index contributed by atoms with van der Waals surface area (Å²) in [5, 5.41) is 0. The molecule has 4 heteroatoms. The van der Waals surface area contributed by atoms with Crippen LogP contribution in [0.25, 0.3) is 16.9 Å². The molecule has 0 saturated heterocycles. The topological polar surface area (TPSA) is 43.3 Å². The Labute approximate surface area is 107 Å². The van der Waals surface area contributed by atoms with Gasteiger partial charge in [-0.1, -0.05) is 36.4 Å². The summed E-state index contributed by atoms with van der Waals surface area (Å²) in [5.41, 5.74) is 8.03. The first-order chi connectivity index (χ1) is 8.27. The predicted octanol–water partition coefficient (Wildman–Crippen LogP) is 3.35. The van der Waals surface area contributed by atoms with Crippen LogP contribution in [0.1, 0.15) is 0 Å². The largest absolute Gasteiger partial charge is 0.385 e. The fourth-order valence-electron chi connectivity index (χ4n) is 1.90. The smallest absolute Gasteiger partial charge is 0.147 e. The summed E-state index contributed by atoms with van der Waals surface area (Å²) in [7, 11) is 0. The van der Waals surface area contributed by atoms with Crippen molar-refractivity contribution in [3.05, 3.63) is 53.1 Å². The molecule has 17 heavy (non-hydrogen) atoms. The average Bonchev–Trinajstić information content (AvgIpc) is 2.70. The second-order valence-corrected chi connectivity index (χ2v) is 4.51. The maximum Gasteiger partial charge on any atom is 0.147 e. The van der Waals surface area contributed by atoms with Crippen molar-refractivity contribution in [2.24, 2.45) is 0 Å². The molecule has 2 heterocycles. The maximum atomic E-state index is 6.01. The summed E-state index contributed by atoms with van der Waals surface area (Å²) in [5.74, 6) is 1.53. The number of benzene rings is 1. The number of nitrogen functional groups attached to an aromatic ring is 1. The van der Waals surface area contributed by atoms with Crippen molar-refractivity contribution in [2.75, 3.05) is 5.73 Å². The fourth-order valence-corrected chi connectivity index (χ4v) is 2.38. The van der Waals surface area contributed by atoms with Crippen molar-refractivity contribution in [1.82, 2.24) is 9.38 Å². The van der Waals surface area contributed by atoms with Crippen molar-refractivity contribution in [3.8, 4) is 11.4 Å². The van der Waals surface area contributed by atoms with Gasteiger partial charge in [0, 0.05) is 5.56 Å². The second-order valence-electron chi connectivity index (χ2n) is 3.76. The molecular formula is C13H10BrN3. The molecule has 0 fully saturated rings. The highest BCUT2D eigenvalue weighted by Crippen LogP contribution is 2.27. The molecule has 0 aliphatic rings. The van der Waals surface area contributed by atoms with Crippen molar-refractivity contribution in [3.63, 3.8) is 0 Å². The summed E-state index contributed by atoms with van der Waals surface area (Å²) in [6.45, 7) is 0. The highest BCUT2D eigenvalue weighted by atomic mass is 79.9. The Morgan fingerprint density at radius 1 is 1.00 bits per heavy atom. The van der Waals surface area contributed by atoms with Crippen LogP contribution in [0.4, 0.5) is 5.82 Å². The average molecular weight is 288 g/mol. The standard InChI is InChI=1S/C13H10BrN3/c14-12-10-7-4-8-11(15)17(10)13(16-12)9-5-2-1-3-6-9/h1-8H,15H2. The molecule has 0 aliphatic carbocycles. The van der Waals surface area contributed by atoms with Crippen LogP contribution in [0.3, 0.4) is 0 Å². The van der Waals surface area contributed by atoms with Crippen LogP contribution in [-0.2, 0) is 0 Å². The van der Waals surface area contributed by atoms with Gasteiger partial charge in [0.15, 0.2) is 0 Å². The van der Waals surface area contributed by atoms with Crippen LogP contribution in [0.5, 0.6) is 0 Å². The number of anilines is 1. The van der Waals surface area contributed by atoms with Gasteiger partial charge in [-0.25, -0.2) is 4.98 Å². The van der Waals surface area contributed by atoms with Gasteiger partial charge < -0.3 is 5.73 Å². The van der Waals surface area contributed by atoms with Crippen LogP contribution < -0.4 is 5.73 Å². The lowest BCUT2D eigenvalue weighted by molar-refractivity contribution is 1.17. The number of fused-ring (bicyclic) bond motifs is 1. The lowest BCUT2D eigenvalue weighted by Crippen LogP contribution is -1.97. The monoisotopic (exact) mass is 287 g/mol. The Kier molecular flexibility index (Phi) is 2.37. The van der Waals surface area contributed by atoms with Gasteiger partial charge >= 0.3 is 0 Å². The molecule has 0 spiro atoms. The van der Waals surface area contributed by atoms with E-state index in [0.29, 0.717) is 5.82 Å². The Morgan fingerprint density at radius 2 is 1.76 bits per heavy atom. The third-order valence-corrected chi connectivity index (χ3v) is 3.26. The molecule has 0 radical (unpaired) electrons. The summed E-state index contributed by atoms with van der Waals surface area (Å²) in [4.78, 5) is 4.52. The minimum Gasteiger partial charge on any atom is -0.385 e. The lowest BCUT2D eigenvalue weighted by Gasteiger charge is -2.04. The first kappa shape index (κ1) is 10.4. The number of pyridine rings is 1. The van der Waals surface area contributed by atoms with E-state index in [-0.39, 0.29) is 0 Å². The maximum absolute atomic E-state index is 6.01. The van der Waals surface area contributed by atoms with Gasteiger partial charge in [-0.15, -0.1) is 0 Å². The van der Waals surface area contributed by atoms with Crippen molar-refractivity contribution in [1.29, 1.82) is 0 Å². The fraction of sp³-hybridized carbons (Fsp3) is 0. The third kappa shape index (κ3) is 1.61. The number of imidazole rings is 1. The van der Waals surface area contributed by atoms with E-state index in [2.05, 4.69) is 20.9 Å². The van der Waals surface area contributed by atoms with Crippen LogP contribution in [0.15, 0.2) is 53.1 Å².